The molecule has 1 N–H and O–H groups in total. The Morgan fingerprint density at radius 2 is 1.88 bits per heavy atom. The van der Waals surface area contributed by atoms with Crippen LogP contribution in [0.4, 0.5) is 0 Å². The van der Waals surface area contributed by atoms with Crippen LogP contribution < -0.4 is 5.32 Å². The van der Waals surface area contributed by atoms with Crippen molar-refractivity contribution in [2.24, 2.45) is 0 Å². The lowest BCUT2D eigenvalue weighted by atomic mass is 10.1. The number of amides is 2. The van der Waals surface area contributed by atoms with Crippen molar-refractivity contribution in [2.45, 2.75) is 39.3 Å². The first-order valence-electron chi connectivity index (χ1n) is 9.31. The largest absolute Gasteiger partial charge is 0.340 e. The van der Waals surface area contributed by atoms with E-state index >= 15 is 0 Å². The molecule has 5 nitrogen and oxygen atoms in total. The lowest BCUT2D eigenvalue weighted by Gasteiger charge is -2.38. The second-order valence-corrected chi connectivity index (χ2v) is 8.12. The molecule has 0 spiro atoms. The van der Waals surface area contributed by atoms with E-state index in [1.54, 1.807) is 17.8 Å². The van der Waals surface area contributed by atoms with Gasteiger partial charge in [0, 0.05) is 37.8 Å². The highest BCUT2D eigenvalue weighted by molar-refractivity contribution is 7.98. The van der Waals surface area contributed by atoms with Gasteiger partial charge < -0.3 is 10.2 Å². The number of aryl methyl sites for hydroxylation is 1. The molecule has 0 aliphatic carbocycles. The van der Waals surface area contributed by atoms with E-state index in [-0.39, 0.29) is 11.8 Å². The minimum atomic E-state index is -0.457. The zero-order valence-corrected chi connectivity index (χ0v) is 17.1. The van der Waals surface area contributed by atoms with Crippen LogP contribution in [0.25, 0.3) is 0 Å². The molecule has 2 rings (SSSR count). The van der Waals surface area contributed by atoms with Crippen molar-refractivity contribution < 1.29 is 9.59 Å². The fourth-order valence-electron chi connectivity index (χ4n) is 3.20. The van der Waals surface area contributed by atoms with Crippen LogP contribution in [0.2, 0.25) is 0 Å². The molecule has 1 atom stereocenters. The average molecular weight is 378 g/mol. The molecule has 6 heteroatoms. The van der Waals surface area contributed by atoms with Crippen LogP contribution in [0.5, 0.6) is 0 Å². The third kappa shape index (κ3) is 5.74. The van der Waals surface area contributed by atoms with Gasteiger partial charge in [-0.1, -0.05) is 17.7 Å². The summed E-state index contributed by atoms with van der Waals surface area (Å²) in [6.07, 6.45) is 2.67. The lowest BCUT2D eigenvalue weighted by molar-refractivity contribution is -0.135. The summed E-state index contributed by atoms with van der Waals surface area (Å²) >= 11 is 1.69. The zero-order valence-electron chi connectivity index (χ0n) is 16.3. The summed E-state index contributed by atoms with van der Waals surface area (Å²) in [5.74, 6) is 0.716. The van der Waals surface area contributed by atoms with Crippen LogP contribution in [-0.4, -0.2) is 71.9 Å². The molecule has 1 aliphatic heterocycles. The highest BCUT2D eigenvalue weighted by Crippen LogP contribution is 2.11. The molecule has 26 heavy (non-hydrogen) atoms. The van der Waals surface area contributed by atoms with E-state index in [1.807, 2.05) is 36.3 Å². The van der Waals surface area contributed by atoms with Gasteiger partial charge in [-0.3, -0.25) is 14.5 Å². The van der Waals surface area contributed by atoms with E-state index in [4.69, 9.17) is 0 Å². The van der Waals surface area contributed by atoms with Crippen LogP contribution in [0.15, 0.2) is 24.3 Å². The molecule has 0 bridgehead atoms. The lowest BCUT2D eigenvalue weighted by Crippen LogP contribution is -2.56. The predicted octanol–water partition coefficient (Wildman–Crippen LogP) is 2.40. The van der Waals surface area contributed by atoms with Crippen molar-refractivity contribution in [1.82, 2.24) is 15.1 Å². The third-order valence-corrected chi connectivity index (χ3v) is 5.49. The molecule has 1 saturated heterocycles. The van der Waals surface area contributed by atoms with Crippen LogP contribution >= 0.6 is 11.8 Å². The molecule has 1 aromatic rings. The van der Waals surface area contributed by atoms with Gasteiger partial charge in [0.05, 0.1) is 0 Å². The number of hydrogen-bond acceptors (Lipinski definition) is 4. The molecular formula is C20H31N3O2S. The van der Waals surface area contributed by atoms with Gasteiger partial charge in [0.25, 0.3) is 5.91 Å². The summed E-state index contributed by atoms with van der Waals surface area (Å²) in [5.41, 5.74) is 1.64. The van der Waals surface area contributed by atoms with E-state index in [2.05, 4.69) is 24.1 Å². The molecule has 144 valence electrons. The minimum Gasteiger partial charge on any atom is -0.340 e. The number of carbonyl (C=O) groups excluding carboxylic acids is 2. The molecule has 0 saturated carbocycles. The van der Waals surface area contributed by atoms with E-state index in [0.717, 1.165) is 37.5 Å². The Bertz CT molecular complexity index is 613. The molecular weight excluding hydrogens is 346 g/mol. The second-order valence-electron chi connectivity index (χ2n) is 7.13. The number of rotatable bonds is 7. The van der Waals surface area contributed by atoms with Crippen molar-refractivity contribution in [2.75, 3.05) is 38.2 Å². The van der Waals surface area contributed by atoms with E-state index in [1.165, 1.54) is 0 Å². The van der Waals surface area contributed by atoms with E-state index < -0.39 is 6.04 Å². The van der Waals surface area contributed by atoms with Gasteiger partial charge in [0.15, 0.2) is 0 Å². The molecule has 2 amide bonds. The first kappa shape index (κ1) is 20.8. The summed E-state index contributed by atoms with van der Waals surface area (Å²) in [4.78, 5) is 29.9. The smallest absolute Gasteiger partial charge is 0.251 e. The third-order valence-electron chi connectivity index (χ3n) is 4.85. The number of carbonyl (C=O) groups is 2. The molecule has 0 radical (unpaired) electrons. The number of benzene rings is 1. The first-order chi connectivity index (χ1) is 12.4. The predicted molar refractivity (Wildman–Crippen MR) is 109 cm³/mol. The zero-order chi connectivity index (χ0) is 19.1. The Hall–Kier alpha value is -1.53. The van der Waals surface area contributed by atoms with Gasteiger partial charge in [-0.2, -0.15) is 11.8 Å². The van der Waals surface area contributed by atoms with Gasteiger partial charge in [-0.15, -0.1) is 0 Å². The number of nitrogens with one attached hydrogen (secondary N) is 1. The van der Waals surface area contributed by atoms with Crippen molar-refractivity contribution in [3.8, 4) is 0 Å². The van der Waals surface area contributed by atoms with Gasteiger partial charge >= 0.3 is 0 Å². The van der Waals surface area contributed by atoms with Crippen molar-refractivity contribution in [3.63, 3.8) is 0 Å². The Kier molecular flexibility index (Phi) is 7.97. The Balaban J connectivity index is 2.02. The van der Waals surface area contributed by atoms with E-state index in [9.17, 15) is 9.59 Å². The average Bonchev–Trinajstić information content (AvgIpc) is 2.64. The maximum atomic E-state index is 13.0. The second kappa shape index (κ2) is 9.97. The Morgan fingerprint density at radius 3 is 2.46 bits per heavy atom. The van der Waals surface area contributed by atoms with Crippen molar-refractivity contribution >= 4 is 23.6 Å². The van der Waals surface area contributed by atoms with Gasteiger partial charge in [-0.25, -0.2) is 0 Å². The minimum absolute atomic E-state index is 0.0449. The summed E-state index contributed by atoms with van der Waals surface area (Å²) in [6.45, 7) is 9.57. The summed E-state index contributed by atoms with van der Waals surface area (Å²) in [7, 11) is 0. The summed E-state index contributed by atoms with van der Waals surface area (Å²) in [6, 6.07) is 7.52. The highest BCUT2D eigenvalue weighted by atomic mass is 32.2. The van der Waals surface area contributed by atoms with E-state index in [0.29, 0.717) is 18.0 Å². The van der Waals surface area contributed by atoms with Crippen molar-refractivity contribution in [3.05, 3.63) is 35.4 Å². The van der Waals surface area contributed by atoms with Crippen LogP contribution in [0.1, 0.15) is 36.2 Å². The van der Waals surface area contributed by atoms with Gasteiger partial charge in [-0.05, 0) is 51.3 Å². The number of nitrogens with zero attached hydrogens (tertiary/aromatic N) is 2. The summed E-state index contributed by atoms with van der Waals surface area (Å²) < 4.78 is 0. The molecule has 1 aromatic carbocycles. The Labute approximate surface area is 161 Å². The topological polar surface area (TPSA) is 52.7 Å². The first-order valence-corrected chi connectivity index (χ1v) is 10.7. The quantitative estimate of drug-likeness (QED) is 0.793. The standard InChI is InChI=1S/C20H31N3O2S/c1-15(2)22-9-11-23(12-10-22)20(25)18(8-13-26-4)21-19(24)17-7-5-6-16(3)14-17/h5-7,14-15,18H,8-13H2,1-4H3,(H,21,24)/t18-/m1/s1. The van der Waals surface area contributed by atoms with Crippen LogP contribution in [0, 0.1) is 6.92 Å². The highest BCUT2D eigenvalue weighted by Gasteiger charge is 2.29. The molecule has 1 aliphatic rings. The number of piperazine rings is 1. The summed E-state index contributed by atoms with van der Waals surface area (Å²) in [5, 5.41) is 2.97. The fraction of sp³-hybridized carbons (Fsp3) is 0.600. The molecule has 1 fully saturated rings. The van der Waals surface area contributed by atoms with Gasteiger partial charge in [0.1, 0.15) is 6.04 Å². The van der Waals surface area contributed by atoms with Crippen LogP contribution in [0.3, 0.4) is 0 Å². The molecule has 1 heterocycles. The SMILES string of the molecule is CSCC[C@@H](NC(=O)c1cccc(C)c1)C(=O)N1CCN(C(C)C)CC1. The fourth-order valence-corrected chi connectivity index (χ4v) is 3.67. The Morgan fingerprint density at radius 1 is 1.19 bits per heavy atom. The van der Waals surface area contributed by atoms with Crippen LogP contribution in [-0.2, 0) is 4.79 Å². The monoisotopic (exact) mass is 377 g/mol. The maximum absolute atomic E-state index is 13.0. The number of hydrogen-bond donors (Lipinski definition) is 1. The number of thioether (sulfide) groups is 1. The van der Waals surface area contributed by atoms with Crippen molar-refractivity contribution in [1.29, 1.82) is 0 Å². The molecule has 0 unspecified atom stereocenters. The maximum Gasteiger partial charge on any atom is 0.251 e. The normalized spacial score (nSPS) is 16.6. The molecule has 0 aromatic heterocycles. The van der Waals surface area contributed by atoms with Gasteiger partial charge in [0.2, 0.25) is 5.91 Å².